The second-order valence-corrected chi connectivity index (χ2v) is 16.0. The summed E-state index contributed by atoms with van der Waals surface area (Å²) in [6.07, 6.45) is 0. The van der Waals surface area contributed by atoms with Crippen molar-refractivity contribution >= 4 is 64.6 Å². The predicted octanol–water partition coefficient (Wildman–Crippen LogP) is 16.9. The SMILES string of the molecule is c1ccc2cc(-c3cc(-c4cccc5ccccc45)cc(-c4c5ccccc5c(-c5ccc6ccccc6c5)c5cc(-c6cccc7ccccc67)ccc45)c3)ccc2c1. The van der Waals surface area contributed by atoms with Gasteiger partial charge in [-0.2, -0.15) is 0 Å². The highest BCUT2D eigenvalue weighted by molar-refractivity contribution is 6.23. The van der Waals surface area contributed by atoms with Crippen molar-refractivity contribution in [3.05, 3.63) is 231 Å². The monoisotopic (exact) mass is 758 g/mol. The van der Waals surface area contributed by atoms with Crippen LogP contribution in [-0.4, -0.2) is 0 Å². The molecule has 0 aliphatic carbocycles. The first-order chi connectivity index (χ1) is 29.7. The number of rotatable bonds is 5. The maximum atomic E-state index is 2.45. The van der Waals surface area contributed by atoms with Crippen LogP contribution in [0.5, 0.6) is 0 Å². The van der Waals surface area contributed by atoms with Gasteiger partial charge in [-0.15, -0.1) is 0 Å². The van der Waals surface area contributed by atoms with Gasteiger partial charge in [0.1, 0.15) is 0 Å². The quantitative estimate of drug-likeness (QED) is 0.153. The van der Waals surface area contributed by atoms with Crippen LogP contribution in [0.25, 0.3) is 120 Å². The molecule has 0 nitrogen and oxygen atoms in total. The van der Waals surface area contributed by atoms with Crippen LogP contribution in [-0.2, 0) is 0 Å². The Morgan fingerprint density at radius 3 is 1.22 bits per heavy atom. The summed E-state index contributed by atoms with van der Waals surface area (Å²) in [7, 11) is 0. The standard InChI is InChI=1S/C60H38/c1-3-17-43-33-45(29-27-39(43)13-1)48-35-49(54-26-12-20-42-16-6-8-22-52(42)54)37-50(36-48)60-56-24-10-9-23-55(56)59(47-30-28-40-14-2-4-18-44(40)34-47)58-38-46(31-32-57(58)60)53-25-11-19-41-15-5-7-21-51(41)53/h1-38H. The minimum absolute atomic E-state index is 1.20. The highest BCUT2D eigenvalue weighted by atomic mass is 14.2. The first-order valence-corrected chi connectivity index (χ1v) is 20.8. The van der Waals surface area contributed by atoms with Gasteiger partial charge >= 0.3 is 0 Å². The van der Waals surface area contributed by atoms with Gasteiger partial charge in [0, 0.05) is 0 Å². The molecule has 12 aromatic carbocycles. The molecule has 0 heterocycles. The van der Waals surface area contributed by atoms with Gasteiger partial charge in [-0.1, -0.05) is 194 Å². The molecule has 0 bridgehead atoms. The van der Waals surface area contributed by atoms with E-state index in [2.05, 4.69) is 231 Å². The molecule has 0 saturated carbocycles. The van der Waals surface area contributed by atoms with Crippen molar-refractivity contribution in [3.8, 4) is 55.6 Å². The fourth-order valence-corrected chi connectivity index (χ4v) is 9.73. The first kappa shape index (κ1) is 34.3. The van der Waals surface area contributed by atoms with Crippen molar-refractivity contribution in [2.45, 2.75) is 0 Å². The van der Waals surface area contributed by atoms with Gasteiger partial charge < -0.3 is 0 Å². The molecule has 0 fully saturated rings. The van der Waals surface area contributed by atoms with Crippen LogP contribution in [0.15, 0.2) is 231 Å². The predicted molar refractivity (Wildman–Crippen MR) is 259 cm³/mol. The fraction of sp³-hybridized carbons (Fsp3) is 0. The minimum atomic E-state index is 1.20. The molecular weight excluding hydrogens is 721 g/mol. The molecule has 0 saturated heterocycles. The average molecular weight is 759 g/mol. The van der Waals surface area contributed by atoms with Crippen LogP contribution in [0.3, 0.4) is 0 Å². The molecule has 12 rings (SSSR count). The first-order valence-electron chi connectivity index (χ1n) is 20.8. The summed E-state index contributed by atoms with van der Waals surface area (Å²) in [4.78, 5) is 0. The molecule has 0 radical (unpaired) electrons. The Labute approximate surface area is 349 Å². The van der Waals surface area contributed by atoms with Crippen molar-refractivity contribution in [1.29, 1.82) is 0 Å². The van der Waals surface area contributed by atoms with Crippen molar-refractivity contribution < 1.29 is 0 Å². The van der Waals surface area contributed by atoms with E-state index in [0.717, 1.165) is 0 Å². The van der Waals surface area contributed by atoms with Crippen molar-refractivity contribution in [2.75, 3.05) is 0 Å². The molecule has 60 heavy (non-hydrogen) atoms. The zero-order valence-electron chi connectivity index (χ0n) is 32.9. The lowest BCUT2D eigenvalue weighted by atomic mass is 9.83. The van der Waals surface area contributed by atoms with E-state index in [1.807, 2.05) is 0 Å². The van der Waals surface area contributed by atoms with Crippen LogP contribution < -0.4 is 0 Å². The molecule has 0 amide bonds. The van der Waals surface area contributed by atoms with E-state index in [0.29, 0.717) is 0 Å². The van der Waals surface area contributed by atoms with Crippen molar-refractivity contribution in [3.63, 3.8) is 0 Å². The third-order valence-electron chi connectivity index (χ3n) is 12.6. The topological polar surface area (TPSA) is 0 Å². The normalized spacial score (nSPS) is 11.7. The maximum absolute atomic E-state index is 2.45. The van der Waals surface area contributed by atoms with Crippen molar-refractivity contribution in [1.82, 2.24) is 0 Å². The van der Waals surface area contributed by atoms with Gasteiger partial charge in [-0.25, -0.2) is 0 Å². The Morgan fingerprint density at radius 1 is 0.167 bits per heavy atom. The lowest BCUT2D eigenvalue weighted by Crippen LogP contribution is -1.93. The Bertz CT molecular complexity index is 3650. The summed E-state index contributed by atoms with van der Waals surface area (Å²) in [5.74, 6) is 0. The number of hydrogen-bond donors (Lipinski definition) is 0. The Balaban J connectivity index is 1.19. The molecule has 0 aromatic heterocycles. The molecule has 0 aliphatic heterocycles. The fourth-order valence-electron chi connectivity index (χ4n) is 9.73. The molecule has 0 N–H and O–H groups in total. The maximum Gasteiger partial charge on any atom is -0.00259 e. The van der Waals surface area contributed by atoms with Crippen molar-refractivity contribution in [2.24, 2.45) is 0 Å². The summed E-state index contributed by atoms with van der Waals surface area (Å²) in [6.45, 7) is 0. The van der Waals surface area contributed by atoms with Gasteiger partial charge in [0.2, 0.25) is 0 Å². The highest BCUT2D eigenvalue weighted by Crippen LogP contribution is 2.47. The zero-order chi connectivity index (χ0) is 39.6. The second-order valence-electron chi connectivity index (χ2n) is 16.0. The molecule has 278 valence electrons. The zero-order valence-corrected chi connectivity index (χ0v) is 32.9. The van der Waals surface area contributed by atoms with Crippen LogP contribution >= 0.6 is 0 Å². The third kappa shape index (κ3) is 5.69. The van der Waals surface area contributed by atoms with Crippen LogP contribution in [0.4, 0.5) is 0 Å². The summed E-state index contributed by atoms with van der Waals surface area (Å²) in [6, 6.07) is 85.5. The Hall–Kier alpha value is -7.80. The smallest absolute Gasteiger partial charge is 0.00259 e. The number of hydrogen-bond acceptors (Lipinski definition) is 0. The minimum Gasteiger partial charge on any atom is -0.0616 e. The van der Waals surface area contributed by atoms with E-state index in [4.69, 9.17) is 0 Å². The molecule has 0 heteroatoms. The second kappa shape index (κ2) is 13.9. The third-order valence-corrected chi connectivity index (χ3v) is 12.6. The van der Waals surface area contributed by atoms with Crippen LogP contribution in [0.1, 0.15) is 0 Å². The van der Waals surface area contributed by atoms with E-state index in [-0.39, 0.29) is 0 Å². The Morgan fingerprint density at radius 2 is 0.583 bits per heavy atom. The number of fused-ring (bicyclic) bond motifs is 6. The molecule has 0 spiro atoms. The van der Waals surface area contributed by atoms with Gasteiger partial charge in [0.15, 0.2) is 0 Å². The van der Waals surface area contributed by atoms with E-state index in [1.165, 1.54) is 120 Å². The van der Waals surface area contributed by atoms with E-state index in [1.54, 1.807) is 0 Å². The van der Waals surface area contributed by atoms with Crippen LogP contribution in [0.2, 0.25) is 0 Å². The number of benzene rings is 12. The van der Waals surface area contributed by atoms with E-state index < -0.39 is 0 Å². The van der Waals surface area contributed by atoms with Crippen LogP contribution in [0, 0.1) is 0 Å². The lowest BCUT2D eigenvalue weighted by molar-refractivity contribution is 1.60. The van der Waals surface area contributed by atoms with Gasteiger partial charge in [-0.3, -0.25) is 0 Å². The average Bonchev–Trinajstić information content (AvgIpc) is 3.32. The summed E-state index contributed by atoms with van der Waals surface area (Å²) < 4.78 is 0. The summed E-state index contributed by atoms with van der Waals surface area (Å²) in [5.41, 5.74) is 12.2. The highest BCUT2D eigenvalue weighted by Gasteiger charge is 2.20. The molecule has 12 aromatic rings. The Kier molecular flexibility index (Phi) is 7.96. The van der Waals surface area contributed by atoms with E-state index >= 15 is 0 Å². The van der Waals surface area contributed by atoms with Gasteiger partial charge in [0.25, 0.3) is 0 Å². The molecule has 0 atom stereocenters. The molecule has 0 aliphatic rings. The summed E-state index contributed by atoms with van der Waals surface area (Å²) in [5, 5.41) is 14.9. The summed E-state index contributed by atoms with van der Waals surface area (Å²) >= 11 is 0. The molecular formula is C60H38. The van der Waals surface area contributed by atoms with Gasteiger partial charge in [0.05, 0.1) is 0 Å². The van der Waals surface area contributed by atoms with Gasteiger partial charge in [-0.05, 0) is 157 Å². The van der Waals surface area contributed by atoms with E-state index in [9.17, 15) is 0 Å². The molecule has 0 unspecified atom stereocenters. The largest absolute Gasteiger partial charge is 0.0616 e. The lowest BCUT2D eigenvalue weighted by Gasteiger charge is -2.20.